The van der Waals surface area contributed by atoms with Crippen LogP contribution < -0.4 is 19.5 Å². The number of carbonyl (C=O) groups excluding carboxylic acids is 2. The number of nitrogens with zero attached hydrogens (tertiary/aromatic N) is 3. The number of ether oxygens (including phenoxy) is 3. The Bertz CT molecular complexity index is 1190. The average Bonchev–Trinajstić information content (AvgIpc) is 3.41. The standard InChI is InChI=1S/C24H26N4O6/c1-24(12-11-15-5-8-17(31-2)9-6-15)22(29)28(23(30)26-24)14-20-25-21(27-34-20)16-7-10-18(32-3)19(13-16)33-4/h5-10,13H,11-12,14H2,1-4H3,(H,26,30)/t24-/m0/s1. The van der Waals surface area contributed by atoms with E-state index in [9.17, 15) is 9.59 Å². The van der Waals surface area contributed by atoms with Crippen LogP contribution in [0.5, 0.6) is 17.2 Å². The number of carbonyl (C=O) groups is 2. The van der Waals surface area contributed by atoms with Crippen molar-refractivity contribution in [1.29, 1.82) is 0 Å². The molecule has 1 saturated heterocycles. The molecule has 1 atom stereocenters. The molecular weight excluding hydrogens is 440 g/mol. The molecule has 2 aromatic carbocycles. The van der Waals surface area contributed by atoms with Crippen LogP contribution in [0.2, 0.25) is 0 Å². The molecule has 0 aliphatic carbocycles. The topological polar surface area (TPSA) is 116 Å². The summed E-state index contributed by atoms with van der Waals surface area (Å²) >= 11 is 0. The number of nitrogens with one attached hydrogen (secondary N) is 1. The number of amides is 3. The molecule has 3 amide bonds. The fourth-order valence-electron chi connectivity index (χ4n) is 3.79. The predicted molar refractivity (Wildman–Crippen MR) is 122 cm³/mol. The molecule has 0 unspecified atom stereocenters. The molecule has 0 spiro atoms. The summed E-state index contributed by atoms with van der Waals surface area (Å²) in [5.74, 6) is 1.98. The highest BCUT2D eigenvalue weighted by molar-refractivity contribution is 6.06. The zero-order chi connectivity index (χ0) is 24.3. The van der Waals surface area contributed by atoms with Crippen molar-refractivity contribution in [3.05, 3.63) is 53.9 Å². The molecule has 10 heteroatoms. The Hall–Kier alpha value is -4.08. The van der Waals surface area contributed by atoms with E-state index in [1.54, 1.807) is 39.3 Å². The highest BCUT2D eigenvalue weighted by atomic mass is 16.5. The SMILES string of the molecule is COc1ccc(CC[C@]2(C)NC(=O)N(Cc3nc(-c4ccc(OC)c(OC)c4)no3)C2=O)cc1. The van der Waals surface area contributed by atoms with Crippen molar-refractivity contribution in [1.82, 2.24) is 20.4 Å². The number of hydrogen-bond donors (Lipinski definition) is 1. The number of imide groups is 1. The second kappa shape index (κ2) is 9.42. The number of aryl methyl sites for hydroxylation is 1. The van der Waals surface area contributed by atoms with Gasteiger partial charge in [0.2, 0.25) is 11.7 Å². The minimum Gasteiger partial charge on any atom is -0.497 e. The van der Waals surface area contributed by atoms with Gasteiger partial charge in [-0.25, -0.2) is 4.79 Å². The zero-order valence-electron chi connectivity index (χ0n) is 19.5. The zero-order valence-corrected chi connectivity index (χ0v) is 19.5. The summed E-state index contributed by atoms with van der Waals surface area (Å²) in [4.78, 5) is 31.1. The lowest BCUT2D eigenvalue weighted by Gasteiger charge is -2.21. The van der Waals surface area contributed by atoms with Crippen LogP contribution in [0.25, 0.3) is 11.4 Å². The Morgan fingerprint density at radius 3 is 2.41 bits per heavy atom. The van der Waals surface area contributed by atoms with Gasteiger partial charge in [0.1, 0.15) is 17.8 Å². The number of hydrogen-bond acceptors (Lipinski definition) is 8. The van der Waals surface area contributed by atoms with Crippen LogP contribution in [0.4, 0.5) is 4.79 Å². The largest absolute Gasteiger partial charge is 0.497 e. The van der Waals surface area contributed by atoms with Crippen molar-refractivity contribution < 1.29 is 28.3 Å². The molecule has 2 heterocycles. The molecule has 1 N–H and O–H groups in total. The molecule has 0 saturated carbocycles. The van der Waals surface area contributed by atoms with E-state index < -0.39 is 11.6 Å². The van der Waals surface area contributed by atoms with Crippen molar-refractivity contribution in [2.24, 2.45) is 0 Å². The van der Waals surface area contributed by atoms with E-state index in [1.807, 2.05) is 24.3 Å². The Kier molecular flexibility index (Phi) is 6.40. The Morgan fingerprint density at radius 1 is 1.00 bits per heavy atom. The molecule has 1 aliphatic rings. The summed E-state index contributed by atoms with van der Waals surface area (Å²) in [5, 5.41) is 6.78. The van der Waals surface area contributed by atoms with Crippen LogP contribution in [-0.2, 0) is 17.8 Å². The first-order chi connectivity index (χ1) is 16.4. The molecule has 34 heavy (non-hydrogen) atoms. The maximum Gasteiger partial charge on any atom is 0.325 e. The fraction of sp³-hybridized carbons (Fsp3) is 0.333. The van der Waals surface area contributed by atoms with Crippen LogP contribution in [0, 0.1) is 0 Å². The lowest BCUT2D eigenvalue weighted by molar-refractivity contribution is -0.131. The average molecular weight is 466 g/mol. The van der Waals surface area contributed by atoms with E-state index in [4.69, 9.17) is 18.7 Å². The Morgan fingerprint density at radius 2 is 1.74 bits per heavy atom. The van der Waals surface area contributed by atoms with Crippen molar-refractivity contribution in [3.8, 4) is 28.6 Å². The maximum absolute atomic E-state index is 13.1. The first-order valence-corrected chi connectivity index (χ1v) is 10.7. The third kappa shape index (κ3) is 4.52. The van der Waals surface area contributed by atoms with Crippen LogP contribution in [0.1, 0.15) is 24.8 Å². The van der Waals surface area contributed by atoms with E-state index >= 15 is 0 Å². The lowest BCUT2D eigenvalue weighted by atomic mass is 9.93. The van der Waals surface area contributed by atoms with Gasteiger partial charge in [-0.15, -0.1) is 0 Å². The van der Waals surface area contributed by atoms with E-state index in [-0.39, 0.29) is 18.3 Å². The molecule has 1 aliphatic heterocycles. The number of aromatic nitrogens is 2. The molecule has 1 aromatic heterocycles. The molecule has 4 rings (SSSR count). The van der Waals surface area contributed by atoms with Crippen molar-refractivity contribution in [2.75, 3.05) is 21.3 Å². The van der Waals surface area contributed by atoms with Crippen molar-refractivity contribution in [3.63, 3.8) is 0 Å². The summed E-state index contributed by atoms with van der Waals surface area (Å²) < 4.78 is 21.0. The quantitative estimate of drug-likeness (QED) is 0.478. The first kappa shape index (κ1) is 23.1. The van der Waals surface area contributed by atoms with Crippen molar-refractivity contribution in [2.45, 2.75) is 31.8 Å². The van der Waals surface area contributed by atoms with Gasteiger partial charge in [0, 0.05) is 5.56 Å². The minimum atomic E-state index is -1.02. The first-order valence-electron chi connectivity index (χ1n) is 10.7. The van der Waals surface area contributed by atoms with Gasteiger partial charge in [-0.1, -0.05) is 17.3 Å². The molecular formula is C24H26N4O6. The summed E-state index contributed by atoms with van der Waals surface area (Å²) in [5.41, 5.74) is 0.664. The molecule has 3 aromatic rings. The van der Waals surface area contributed by atoms with Gasteiger partial charge in [0.15, 0.2) is 11.5 Å². The van der Waals surface area contributed by atoms with Gasteiger partial charge in [-0.05, 0) is 55.7 Å². The van der Waals surface area contributed by atoms with Crippen LogP contribution in [-0.4, -0.2) is 53.8 Å². The van der Waals surface area contributed by atoms with E-state index in [0.717, 1.165) is 16.2 Å². The second-order valence-corrected chi connectivity index (χ2v) is 8.08. The third-order valence-corrected chi connectivity index (χ3v) is 5.82. The van der Waals surface area contributed by atoms with Gasteiger partial charge in [0.25, 0.3) is 5.91 Å². The van der Waals surface area contributed by atoms with E-state index in [1.165, 1.54) is 7.11 Å². The van der Waals surface area contributed by atoms with Crippen LogP contribution >= 0.6 is 0 Å². The Balaban J connectivity index is 1.44. The Labute approximate surface area is 196 Å². The smallest absolute Gasteiger partial charge is 0.325 e. The van der Waals surface area contributed by atoms with Gasteiger partial charge < -0.3 is 24.1 Å². The van der Waals surface area contributed by atoms with Gasteiger partial charge in [0.05, 0.1) is 21.3 Å². The number of urea groups is 1. The molecule has 178 valence electrons. The summed E-state index contributed by atoms with van der Waals surface area (Å²) in [6.45, 7) is 1.60. The minimum absolute atomic E-state index is 0.122. The fourth-order valence-corrected chi connectivity index (χ4v) is 3.79. The van der Waals surface area contributed by atoms with Gasteiger partial charge in [-0.3, -0.25) is 9.69 Å². The van der Waals surface area contributed by atoms with Crippen LogP contribution in [0.3, 0.4) is 0 Å². The third-order valence-electron chi connectivity index (χ3n) is 5.82. The van der Waals surface area contributed by atoms with Gasteiger partial charge in [-0.2, -0.15) is 4.98 Å². The summed E-state index contributed by atoms with van der Waals surface area (Å²) in [6, 6.07) is 12.3. The maximum atomic E-state index is 13.1. The summed E-state index contributed by atoms with van der Waals surface area (Å²) in [7, 11) is 4.69. The molecule has 1 fully saturated rings. The highest BCUT2D eigenvalue weighted by Gasteiger charge is 2.47. The molecule has 0 radical (unpaired) electrons. The second-order valence-electron chi connectivity index (χ2n) is 8.08. The van der Waals surface area contributed by atoms with Crippen molar-refractivity contribution >= 4 is 11.9 Å². The summed E-state index contributed by atoms with van der Waals surface area (Å²) in [6.07, 6.45) is 1.06. The van der Waals surface area contributed by atoms with E-state index in [2.05, 4.69) is 15.5 Å². The number of methoxy groups -OCH3 is 3. The molecule has 10 nitrogen and oxygen atoms in total. The lowest BCUT2D eigenvalue weighted by Crippen LogP contribution is -2.44. The molecule has 0 bridgehead atoms. The predicted octanol–water partition coefficient (Wildman–Crippen LogP) is 3.21. The number of benzene rings is 2. The normalized spacial score (nSPS) is 17.6. The van der Waals surface area contributed by atoms with E-state index in [0.29, 0.717) is 35.7 Å². The highest BCUT2D eigenvalue weighted by Crippen LogP contribution is 2.31. The van der Waals surface area contributed by atoms with Crippen LogP contribution in [0.15, 0.2) is 47.0 Å². The monoisotopic (exact) mass is 466 g/mol. The van der Waals surface area contributed by atoms with Gasteiger partial charge >= 0.3 is 6.03 Å². The number of rotatable bonds is 9.